The molecule has 4 saturated carbocycles. The van der Waals surface area contributed by atoms with Gasteiger partial charge in [-0.3, -0.25) is 0 Å². The number of rotatable bonds is 3. The normalized spacial score (nSPS) is 49.2. The zero-order valence-corrected chi connectivity index (χ0v) is 19.9. The zero-order chi connectivity index (χ0) is 21.6. The lowest BCUT2D eigenvalue weighted by atomic mass is 9.44. The van der Waals surface area contributed by atoms with Crippen LogP contribution >= 0.6 is 0 Å². The third-order valence-electron chi connectivity index (χ3n) is 9.50. The van der Waals surface area contributed by atoms with Crippen molar-refractivity contribution < 1.29 is 9.84 Å². The molecule has 0 amide bonds. The van der Waals surface area contributed by atoms with E-state index >= 15 is 0 Å². The van der Waals surface area contributed by atoms with Crippen LogP contribution in [0, 0.1) is 40.4 Å². The molecule has 4 fully saturated rings. The summed E-state index contributed by atoms with van der Waals surface area (Å²) in [5.41, 5.74) is 7.14. The van der Waals surface area contributed by atoms with Gasteiger partial charge in [-0.2, -0.15) is 0 Å². The fraction of sp³-hybridized carbons (Fsp3) is 0.923. The van der Waals surface area contributed by atoms with E-state index in [1.54, 1.807) is 13.8 Å². The molecule has 0 saturated heterocycles. The van der Waals surface area contributed by atoms with Crippen LogP contribution in [0.15, 0.2) is 12.7 Å². The predicted octanol–water partition coefficient (Wildman–Crippen LogP) is 5.91. The van der Waals surface area contributed by atoms with Gasteiger partial charge in [-0.05, 0) is 106 Å². The molecule has 29 heavy (non-hydrogen) atoms. The Bertz CT molecular complexity index is 584. The van der Waals surface area contributed by atoms with Gasteiger partial charge in [0.1, 0.15) is 0 Å². The second-order valence-corrected chi connectivity index (χ2v) is 11.3. The molecule has 0 aliphatic heterocycles. The maximum absolute atomic E-state index is 10.5. The molecule has 9 atom stereocenters. The molecule has 0 aromatic rings. The molecule has 168 valence electrons. The van der Waals surface area contributed by atoms with Gasteiger partial charge >= 0.3 is 0 Å². The summed E-state index contributed by atoms with van der Waals surface area (Å²) >= 11 is 0. The van der Waals surface area contributed by atoms with Crippen LogP contribution in [0.25, 0.3) is 0 Å². The minimum atomic E-state index is -1.07. The van der Waals surface area contributed by atoms with Gasteiger partial charge in [0.15, 0.2) is 5.79 Å². The Morgan fingerprint density at radius 2 is 1.62 bits per heavy atom. The number of hydrogen-bond donors (Lipinski definition) is 2. The molecular formula is C26H47NO2. The van der Waals surface area contributed by atoms with Gasteiger partial charge in [0.2, 0.25) is 0 Å². The molecule has 0 radical (unpaired) electrons. The average Bonchev–Trinajstić information content (AvgIpc) is 3.00. The SMILES string of the molecule is C=CC1CCC2C3C(OC(C)(C)O)CC4CC(N)CCC4(C)C3CCC12C.CC. The summed E-state index contributed by atoms with van der Waals surface area (Å²) in [6.45, 7) is 16.8. The van der Waals surface area contributed by atoms with Gasteiger partial charge < -0.3 is 15.6 Å². The summed E-state index contributed by atoms with van der Waals surface area (Å²) in [7, 11) is 0. The highest BCUT2D eigenvalue weighted by Gasteiger charge is 2.62. The van der Waals surface area contributed by atoms with Crippen molar-refractivity contribution in [2.45, 2.75) is 111 Å². The largest absolute Gasteiger partial charge is 0.366 e. The molecule has 0 heterocycles. The summed E-state index contributed by atoms with van der Waals surface area (Å²) < 4.78 is 6.39. The van der Waals surface area contributed by atoms with E-state index in [9.17, 15) is 5.11 Å². The summed E-state index contributed by atoms with van der Waals surface area (Å²) in [5.74, 6) is 2.17. The standard InChI is InChI=1S/C24H41NO2.C2H6/c1-6-15-7-8-18-21-19(10-12-23(15,18)4)24(5)11-9-17(25)13-16(24)14-20(21)27-22(2,3)26;1-2/h6,15-21,26H,1,7-14,25H2,2-5H3;1-2H3. The van der Waals surface area contributed by atoms with Crippen molar-refractivity contribution in [3.05, 3.63) is 12.7 Å². The highest BCUT2D eigenvalue weighted by atomic mass is 16.6. The van der Waals surface area contributed by atoms with E-state index in [-0.39, 0.29) is 6.10 Å². The third kappa shape index (κ3) is 3.96. The summed E-state index contributed by atoms with van der Waals surface area (Å²) in [5, 5.41) is 10.5. The van der Waals surface area contributed by atoms with Crippen molar-refractivity contribution in [2.24, 2.45) is 46.2 Å². The van der Waals surface area contributed by atoms with Crippen molar-refractivity contribution in [3.8, 4) is 0 Å². The Kier molecular flexibility index (Phi) is 6.65. The third-order valence-corrected chi connectivity index (χ3v) is 9.50. The first-order valence-corrected chi connectivity index (χ1v) is 12.4. The Morgan fingerprint density at radius 3 is 2.24 bits per heavy atom. The minimum absolute atomic E-state index is 0.159. The Morgan fingerprint density at radius 1 is 1.00 bits per heavy atom. The Labute approximate surface area is 179 Å². The van der Waals surface area contributed by atoms with E-state index in [0.717, 1.165) is 12.8 Å². The summed E-state index contributed by atoms with van der Waals surface area (Å²) in [6, 6.07) is 0.341. The monoisotopic (exact) mass is 405 g/mol. The van der Waals surface area contributed by atoms with Crippen LogP contribution in [0.2, 0.25) is 0 Å². The van der Waals surface area contributed by atoms with E-state index in [1.807, 2.05) is 13.8 Å². The van der Waals surface area contributed by atoms with E-state index in [0.29, 0.717) is 46.5 Å². The smallest absolute Gasteiger partial charge is 0.160 e. The Balaban J connectivity index is 0.00000117. The number of aliphatic hydroxyl groups is 1. The number of ether oxygens (including phenoxy) is 1. The van der Waals surface area contributed by atoms with Gasteiger partial charge in [0.05, 0.1) is 6.10 Å². The van der Waals surface area contributed by atoms with Crippen molar-refractivity contribution in [3.63, 3.8) is 0 Å². The molecule has 4 rings (SSSR count). The van der Waals surface area contributed by atoms with Gasteiger partial charge in [0, 0.05) is 6.04 Å². The molecule has 9 unspecified atom stereocenters. The molecule has 0 aromatic heterocycles. The summed E-state index contributed by atoms with van der Waals surface area (Å²) in [4.78, 5) is 0. The number of nitrogens with two attached hydrogens (primary N) is 1. The molecule has 0 aromatic carbocycles. The average molecular weight is 406 g/mol. The van der Waals surface area contributed by atoms with Gasteiger partial charge in [-0.25, -0.2) is 0 Å². The molecule has 3 heteroatoms. The molecule has 3 nitrogen and oxygen atoms in total. The van der Waals surface area contributed by atoms with Crippen LogP contribution in [0.4, 0.5) is 0 Å². The first-order chi connectivity index (χ1) is 13.6. The van der Waals surface area contributed by atoms with E-state index in [1.165, 1.54) is 38.5 Å². The quantitative estimate of drug-likeness (QED) is 0.453. The van der Waals surface area contributed by atoms with Crippen LogP contribution in [0.1, 0.15) is 92.9 Å². The van der Waals surface area contributed by atoms with Crippen molar-refractivity contribution in [1.29, 1.82) is 0 Å². The number of fused-ring (bicyclic) bond motifs is 5. The second-order valence-electron chi connectivity index (χ2n) is 11.3. The lowest BCUT2D eigenvalue weighted by Gasteiger charge is -2.63. The van der Waals surface area contributed by atoms with E-state index in [2.05, 4.69) is 26.5 Å². The topological polar surface area (TPSA) is 55.5 Å². The van der Waals surface area contributed by atoms with Crippen LogP contribution in [0.5, 0.6) is 0 Å². The van der Waals surface area contributed by atoms with Crippen molar-refractivity contribution in [2.75, 3.05) is 0 Å². The van der Waals surface area contributed by atoms with E-state index in [4.69, 9.17) is 10.5 Å². The summed E-state index contributed by atoms with van der Waals surface area (Å²) in [6.07, 6.45) is 12.2. The molecule has 0 spiro atoms. The number of allylic oxidation sites excluding steroid dienone is 1. The Hall–Kier alpha value is -0.380. The molecule has 4 aliphatic carbocycles. The highest BCUT2D eigenvalue weighted by molar-refractivity contribution is 5.13. The lowest BCUT2D eigenvalue weighted by Crippen LogP contribution is -2.60. The first-order valence-electron chi connectivity index (χ1n) is 12.4. The fourth-order valence-corrected chi connectivity index (χ4v) is 8.15. The highest BCUT2D eigenvalue weighted by Crippen LogP contribution is 2.68. The molecule has 3 N–H and O–H groups in total. The second kappa shape index (κ2) is 8.28. The van der Waals surface area contributed by atoms with Crippen molar-refractivity contribution >= 4 is 0 Å². The molecular weight excluding hydrogens is 358 g/mol. The predicted molar refractivity (Wildman–Crippen MR) is 121 cm³/mol. The maximum Gasteiger partial charge on any atom is 0.160 e. The minimum Gasteiger partial charge on any atom is -0.366 e. The number of hydrogen-bond acceptors (Lipinski definition) is 3. The molecule has 0 bridgehead atoms. The zero-order valence-electron chi connectivity index (χ0n) is 19.9. The van der Waals surface area contributed by atoms with E-state index < -0.39 is 5.79 Å². The van der Waals surface area contributed by atoms with Crippen LogP contribution in [0.3, 0.4) is 0 Å². The van der Waals surface area contributed by atoms with Gasteiger partial charge in [-0.15, -0.1) is 6.58 Å². The lowest BCUT2D eigenvalue weighted by molar-refractivity contribution is -0.263. The fourth-order valence-electron chi connectivity index (χ4n) is 8.15. The van der Waals surface area contributed by atoms with Crippen molar-refractivity contribution in [1.82, 2.24) is 0 Å². The first kappa shape index (κ1) is 23.3. The van der Waals surface area contributed by atoms with Crippen LogP contribution < -0.4 is 5.73 Å². The van der Waals surface area contributed by atoms with Gasteiger partial charge in [-0.1, -0.05) is 33.8 Å². The maximum atomic E-state index is 10.5. The van der Waals surface area contributed by atoms with Gasteiger partial charge in [0.25, 0.3) is 0 Å². The molecule has 4 aliphatic rings. The van der Waals surface area contributed by atoms with Crippen LogP contribution in [-0.4, -0.2) is 23.0 Å². The van der Waals surface area contributed by atoms with Crippen LogP contribution in [-0.2, 0) is 4.74 Å².